The van der Waals surface area contributed by atoms with E-state index >= 15 is 0 Å². The minimum atomic E-state index is -0.435. The smallest absolute Gasteiger partial charge is 0.244 e. The van der Waals surface area contributed by atoms with E-state index in [0.717, 1.165) is 32.4 Å². The standard InChI is InChI=1S/C15H24N2O2S/c1-4-15(2)14(18)17(9-5-6-10-19-3)13(16-15)12-8-7-11-20-12/h7-8,11,13,16H,4-6,9-10H2,1-3H3. The van der Waals surface area contributed by atoms with Gasteiger partial charge in [-0.25, -0.2) is 0 Å². The Labute approximate surface area is 125 Å². The largest absolute Gasteiger partial charge is 0.385 e. The quantitative estimate of drug-likeness (QED) is 0.787. The maximum atomic E-state index is 12.7. The summed E-state index contributed by atoms with van der Waals surface area (Å²) in [6, 6.07) is 4.13. The maximum Gasteiger partial charge on any atom is 0.244 e. The maximum absolute atomic E-state index is 12.7. The van der Waals surface area contributed by atoms with Crippen molar-refractivity contribution in [1.29, 1.82) is 0 Å². The fourth-order valence-corrected chi connectivity index (χ4v) is 3.35. The third-order valence-electron chi connectivity index (χ3n) is 4.02. The van der Waals surface area contributed by atoms with Crippen LogP contribution in [0.4, 0.5) is 0 Å². The van der Waals surface area contributed by atoms with E-state index in [1.54, 1.807) is 18.4 Å². The molecule has 1 amide bonds. The van der Waals surface area contributed by atoms with Crippen LogP contribution < -0.4 is 5.32 Å². The van der Waals surface area contributed by atoms with Crippen LogP contribution in [0.1, 0.15) is 44.2 Å². The van der Waals surface area contributed by atoms with Gasteiger partial charge in [0.1, 0.15) is 6.17 Å². The van der Waals surface area contributed by atoms with Gasteiger partial charge in [0.25, 0.3) is 0 Å². The molecule has 2 unspecified atom stereocenters. The van der Waals surface area contributed by atoms with Gasteiger partial charge in [0.05, 0.1) is 5.54 Å². The van der Waals surface area contributed by atoms with Crippen LogP contribution in [0.25, 0.3) is 0 Å². The van der Waals surface area contributed by atoms with E-state index < -0.39 is 5.54 Å². The molecule has 1 aromatic heterocycles. The molecule has 112 valence electrons. The number of unbranched alkanes of at least 4 members (excludes halogenated alkanes) is 1. The second-order valence-corrected chi connectivity index (χ2v) is 6.43. The molecular formula is C15H24N2O2S. The van der Waals surface area contributed by atoms with E-state index in [0.29, 0.717) is 0 Å². The molecule has 1 aliphatic rings. The van der Waals surface area contributed by atoms with Crippen LogP contribution in [-0.4, -0.2) is 36.6 Å². The van der Waals surface area contributed by atoms with Gasteiger partial charge in [-0.3, -0.25) is 10.1 Å². The van der Waals surface area contributed by atoms with Crippen molar-refractivity contribution in [1.82, 2.24) is 10.2 Å². The summed E-state index contributed by atoms with van der Waals surface area (Å²) in [5.74, 6) is 0.218. The summed E-state index contributed by atoms with van der Waals surface area (Å²) >= 11 is 1.70. The van der Waals surface area contributed by atoms with E-state index in [-0.39, 0.29) is 12.1 Å². The van der Waals surface area contributed by atoms with Gasteiger partial charge in [-0.05, 0) is 37.6 Å². The Morgan fingerprint density at radius 3 is 2.90 bits per heavy atom. The van der Waals surface area contributed by atoms with Crippen molar-refractivity contribution < 1.29 is 9.53 Å². The van der Waals surface area contributed by atoms with Crippen LogP contribution in [0, 0.1) is 0 Å². The molecule has 0 aliphatic carbocycles. The highest BCUT2D eigenvalue weighted by Gasteiger charge is 2.47. The number of carbonyl (C=O) groups excluding carboxylic acids is 1. The van der Waals surface area contributed by atoms with Crippen LogP contribution in [0.3, 0.4) is 0 Å². The summed E-state index contributed by atoms with van der Waals surface area (Å²) in [5.41, 5.74) is -0.435. The molecule has 1 aliphatic heterocycles. The van der Waals surface area contributed by atoms with E-state index in [1.165, 1.54) is 4.88 Å². The van der Waals surface area contributed by atoms with Crippen LogP contribution in [-0.2, 0) is 9.53 Å². The van der Waals surface area contributed by atoms with Crippen molar-refractivity contribution in [3.8, 4) is 0 Å². The third kappa shape index (κ3) is 3.05. The van der Waals surface area contributed by atoms with Gasteiger partial charge < -0.3 is 9.64 Å². The molecule has 1 N–H and O–H groups in total. The van der Waals surface area contributed by atoms with Gasteiger partial charge in [0.15, 0.2) is 0 Å². The van der Waals surface area contributed by atoms with Crippen molar-refractivity contribution in [3.63, 3.8) is 0 Å². The highest BCUT2D eigenvalue weighted by molar-refractivity contribution is 7.10. The van der Waals surface area contributed by atoms with Gasteiger partial charge in [-0.15, -0.1) is 11.3 Å². The summed E-state index contributed by atoms with van der Waals surface area (Å²) in [6.07, 6.45) is 2.79. The van der Waals surface area contributed by atoms with Crippen LogP contribution in [0.5, 0.6) is 0 Å². The first kappa shape index (κ1) is 15.5. The lowest BCUT2D eigenvalue weighted by Gasteiger charge is -2.23. The van der Waals surface area contributed by atoms with Gasteiger partial charge in [-0.2, -0.15) is 0 Å². The topological polar surface area (TPSA) is 41.6 Å². The summed E-state index contributed by atoms with van der Waals surface area (Å²) in [4.78, 5) is 15.9. The van der Waals surface area contributed by atoms with Crippen molar-refractivity contribution in [3.05, 3.63) is 22.4 Å². The number of nitrogens with zero attached hydrogens (tertiary/aromatic N) is 1. The first-order valence-corrected chi connectivity index (χ1v) is 8.11. The highest BCUT2D eigenvalue weighted by atomic mass is 32.1. The third-order valence-corrected chi connectivity index (χ3v) is 4.94. The zero-order valence-corrected chi connectivity index (χ0v) is 13.3. The summed E-state index contributed by atoms with van der Waals surface area (Å²) in [5, 5.41) is 5.58. The van der Waals surface area contributed by atoms with E-state index in [4.69, 9.17) is 4.74 Å². The molecule has 2 rings (SSSR count). The predicted molar refractivity (Wildman–Crippen MR) is 81.7 cm³/mol. The van der Waals surface area contributed by atoms with Crippen molar-refractivity contribution in [2.24, 2.45) is 0 Å². The fraction of sp³-hybridized carbons (Fsp3) is 0.667. The number of rotatable bonds is 7. The Balaban J connectivity index is 2.09. The minimum Gasteiger partial charge on any atom is -0.385 e. The number of methoxy groups -OCH3 is 1. The van der Waals surface area contributed by atoms with Crippen molar-refractivity contribution >= 4 is 17.2 Å². The molecule has 4 nitrogen and oxygen atoms in total. The number of nitrogens with one attached hydrogen (secondary N) is 1. The number of hydrogen-bond donors (Lipinski definition) is 1. The van der Waals surface area contributed by atoms with Gasteiger partial charge >= 0.3 is 0 Å². The number of carbonyl (C=O) groups is 1. The molecule has 2 atom stereocenters. The molecule has 20 heavy (non-hydrogen) atoms. The highest BCUT2D eigenvalue weighted by Crippen LogP contribution is 2.34. The molecule has 0 bridgehead atoms. The van der Waals surface area contributed by atoms with Crippen LogP contribution >= 0.6 is 11.3 Å². The molecule has 0 saturated carbocycles. The van der Waals surface area contributed by atoms with E-state index in [1.807, 2.05) is 17.9 Å². The SMILES string of the molecule is CCC1(C)NC(c2cccs2)N(CCCCOC)C1=O. The first-order chi connectivity index (χ1) is 9.62. The van der Waals surface area contributed by atoms with Gasteiger partial charge in [0.2, 0.25) is 5.91 Å². The van der Waals surface area contributed by atoms with Crippen LogP contribution in [0.2, 0.25) is 0 Å². The zero-order chi connectivity index (χ0) is 14.6. The Morgan fingerprint density at radius 2 is 2.30 bits per heavy atom. The average molecular weight is 296 g/mol. The van der Waals surface area contributed by atoms with Gasteiger partial charge in [0, 0.05) is 25.1 Å². The first-order valence-electron chi connectivity index (χ1n) is 7.23. The molecule has 1 saturated heterocycles. The average Bonchev–Trinajstić information content (AvgIpc) is 3.05. The molecule has 1 fully saturated rings. The molecule has 0 spiro atoms. The number of amides is 1. The predicted octanol–water partition coefficient (Wildman–Crippen LogP) is 2.77. The molecule has 0 radical (unpaired) electrons. The second kappa shape index (κ2) is 6.70. The lowest BCUT2D eigenvalue weighted by Crippen LogP contribution is -2.43. The van der Waals surface area contributed by atoms with Crippen molar-refractivity contribution in [2.45, 2.75) is 44.8 Å². The number of hydrogen-bond acceptors (Lipinski definition) is 4. The van der Waals surface area contributed by atoms with Gasteiger partial charge in [-0.1, -0.05) is 13.0 Å². The Hall–Kier alpha value is -0.910. The number of thiophene rings is 1. The molecular weight excluding hydrogens is 272 g/mol. The fourth-order valence-electron chi connectivity index (χ4n) is 2.56. The zero-order valence-electron chi connectivity index (χ0n) is 12.5. The molecule has 2 heterocycles. The minimum absolute atomic E-state index is 0.0231. The summed E-state index contributed by atoms with van der Waals surface area (Å²) in [6.45, 7) is 5.60. The molecule has 1 aromatic rings. The Bertz CT molecular complexity index is 435. The Morgan fingerprint density at radius 1 is 1.50 bits per heavy atom. The second-order valence-electron chi connectivity index (χ2n) is 5.45. The summed E-state index contributed by atoms with van der Waals surface area (Å²) < 4.78 is 5.08. The van der Waals surface area contributed by atoms with Crippen LogP contribution in [0.15, 0.2) is 17.5 Å². The lowest BCUT2D eigenvalue weighted by atomic mass is 9.99. The van der Waals surface area contributed by atoms with E-state index in [2.05, 4.69) is 23.7 Å². The summed E-state index contributed by atoms with van der Waals surface area (Å²) in [7, 11) is 1.71. The monoisotopic (exact) mass is 296 g/mol. The van der Waals surface area contributed by atoms with Crippen molar-refractivity contribution in [2.75, 3.05) is 20.3 Å². The molecule has 0 aromatic carbocycles. The van der Waals surface area contributed by atoms with E-state index in [9.17, 15) is 4.79 Å². The molecule has 5 heteroatoms. The Kier molecular flexibility index (Phi) is 5.18. The number of ether oxygens (including phenoxy) is 1. The lowest BCUT2D eigenvalue weighted by molar-refractivity contribution is -0.133. The normalized spacial score (nSPS) is 26.4.